The maximum atomic E-state index is 13.3. The van der Waals surface area contributed by atoms with E-state index < -0.39 is 0 Å². The lowest BCUT2D eigenvalue weighted by Crippen LogP contribution is -2.39. The maximum Gasteiger partial charge on any atom is 0.227 e. The maximum absolute atomic E-state index is 13.3. The number of likely N-dealkylation sites (tertiary alicyclic amines) is 1. The minimum Gasteiger partial charge on any atom is -0.358 e. The molecular weight excluding hydrogens is 334 g/mol. The number of nitrogens with zero attached hydrogens (tertiary/aromatic N) is 2. The van der Waals surface area contributed by atoms with Crippen LogP contribution in [0, 0.1) is 20.8 Å². The van der Waals surface area contributed by atoms with Gasteiger partial charge in [-0.3, -0.25) is 9.78 Å². The predicted octanol–water partition coefficient (Wildman–Crippen LogP) is 4.78. The van der Waals surface area contributed by atoms with Gasteiger partial charge >= 0.3 is 0 Å². The molecule has 3 aromatic rings. The van der Waals surface area contributed by atoms with Crippen LogP contribution in [-0.2, 0) is 11.2 Å². The average Bonchev–Trinajstić information content (AvgIpc) is 2.98. The number of carbonyl (C=O) groups is 1. The number of H-pyrrole nitrogens is 1. The molecule has 140 valence electrons. The molecular formula is C23H27N3O. The second kappa shape index (κ2) is 7.18. The average molecular weight is 361 g/mol. The third-order valence-electron chi connectivity index (χ3n) is 5.79. The number of nitrogens with one attached hydrogen (secondary N) is 1. The highest BCUT2D eigenvalue weighted by Crippen LogP contribution is 2.32. The Hall–Kier alpha value is -2.62. The van der Waals surface area contributed by atoms with Crippen LogP contribution in [0.1, 0.15) is 53.3 Å². The van der Waals surface area contributed by atoms with Gasteiger partial charge in [0.2, 0.25) is 5.91 Å². The van der Waals surface area contributed by atoms with E-state index in [0.29, 0.717) is 6.42 Å². The first-order valence-corrected chi connectivity index (χ1v) is 9.82. The van der Waals surface area contributed by atoms with Gasteiger partial charge in [-0.2, -0.15) is 0 Å². The third-order valence-corrected chi connectivity index (χ3v) is 5.79. The van der Waals surface area contributed by atoms with Gasteiger partial charge in [0.15, 0.2) is 0 Å². The predicted molar refractivity (Wildman–Crippen MR) is 109 cm³/mol. The molecule has 0 bridgehead atoms. The molecule has 0 aliphatic carbocycles. The Kier molecular flexibility index (Phi) is 4.73. The molecule has 1 amide bonds. The fraction of sp³-hybridized carbons (Fsp3) is 0.391. The van der Waals surface area contributed by atoms with Crippen molar-refractivity contribution in [3.63, 3.8) is 0 Å². The van der Waals surface area contributed by atoms with Crippen molar-refractivity contribution >= 4 is 16.8 Å². The van der Waals surface area contributed by atoms with E-state index in [4.69, 9.17) is 0 Å². The molecule has 1 N–H and O–H groups in total. The Morgan fingerprint density at radius 2 is 2.11 bits per heavy atom. The zero-order valence-electron chi connectivity index (χ0n) is 16.4. The Morgan fingerprint density at radius 1 is 1.26 bits per heavy atom. The Morgan fingerprint density at radius 3 is 2.89 bits per heavy atom. The van der Waals surface area contributed by atoms with E-state index in [1.54, 1.807) is 6.20 Å². The minimum atomic E-state index is 0.147. The number of piperidine rings is 1. The first-order valence-electron chi connectivity index (χ1n) is 9.82. The molecule has 0 unspecified atom stereocenters. The van der Waals surface area contributed by atoms with Crippen LogP contribution in [-0.4, -0.2) is 27.3 Å². The van der Waals surface area contributed by atoms with Crippen LogP contribution < -0.4 is 0 Å². The number of hydrogen-bond donors (Lipinski definition) is 1. The Balaban J connectivity index is 1.65. The second-order valence-electron chi connectivity index (χ2n) is 7.79. The molecule has 4 heteroatoms. The summed E-state index contributed by atoms with van der Waals surface area (Å²) < 4.78 is 0. The number of benzene rings is 1. The highest BCUT2D eigenvalue weighted by atomic mass is 16.2. The van der Waals surface area contributed by atoms with Gasteiger partial charge in [-0.1, -0.05) is 17.7 Å². The number of hydrogen-bond acceptors (Lipinski definition) is 2. The van der Waals surface area contributed by atoms with Crippen LogP contribution in [0.5, 0.6) is 0 Å². The van der Waals surface area contributed by atoms with Crippen LogP contribution in [0.15, 0.2) is 36.7 Å². The van der Waals surface area contributed by atoms with E-state index in [1.165, 1.54) is 16.5 Å². The summed E-state index contributed by atoms with van der Waals surface area (Å²) in [5.74, 6) is 0.215. The zero-order valence-corrected chi connectivity index (χ0v) is 16.4. The van der Waals surface area contributed by atoms with Gasteiger partial charge in [0.05, 0.1) is 12.5 Å². The second-order valence-corrected chi connectivity index (χ2v) is 7.79. The van der Waals surface area contributed by atoms with Crippen LogP contribution in [0.4, 0.5) is 0 Å². The standard InChI is InChI=1S/C23H27N3O/c1-15-11-16(2)23-20(12-15)19(17(3)25-23)13-22(27)26-10-5-4-8-21(26)18-7-6-9-24-14-18/h6-7,9,11-12,14,21,25H,4-5,8,10,13H2,1-3H3/t21-/m1/s1. The van der Waals surface area contributed by atoms with Gasteiger partial charge in [-0.05, 0) is 68.9 Å². The Labute approximate surface area is 160 Å². The smallest absolute Gasteiger partial charge is 0.227 e. The molecule has 27 heavy (non-hydrogen) atoms. The van der Waals surface area contributed by atoms with Gasteiger partial charge in [-0.25, -0.2) is 0 Å². The SMILES string of the molecule is Cc1cc(C)c2[nH]c(C)c(CC(=O)N3CCCC[C@@H]3c3cccnc3)c2c1. The number of fused-ring (bicyclic) bond motifs is 1. The highest BCUT2D eigenvalue weighted by molar-refractivity contribution is 5.92. The summed E-state index contributed by atoms with van der Waals surface area (Å²) in [6.45, 7) is 7.15. The number of pyridine rings is 1. The van der Waals surface area contributed by atoms with Crippen molar-refractivity contribution in [2.75, 3.05) is 6.54 Å². The van der Waals surface area contributed by atoms with Gasteiger partial charge in [0.25, 0.3) is 0 Å². The van der Waals surface area contributed by atoms with E-state index in [9.17, 15) is 4.79 Å². The molecule has 0 radical (unpaired) electrons. The zero-order chi connectivity index (χ0) is 19.0. The number of rotatable bonds is 3. The molecule has 1 aliphatic rings. The van der Waals surface area contributed by atoms with E-state index >= 15 is 0 Å². The normalized spacial score (nSPS) is 17.4. The monoisotopic (exact) mass is 361 g/mol. The topological polar surface area (TPSA) is 49.0 Å². The summed E-state index contributed by atoms with van der Waals surface area (Å²) in [6, 6.07) is 8.58. The largest absolute Gasteiger partial charge is 0.358 e. The molecule has 1 aromatic carbocycles. The number of aryl methyl sites for hydroxylation is 3. The lowest BCUT2D eigenvalue weighted by Gasteiger charge is -2.36. The first kappa shape index (κ1) is 17.8. The van der Waals surface area contributed by atoms with Crippen LogP contribution in [0.2, 0.25) is 0 Å². The number of aromatic nitrogens is 2. The molecule has 2 aromatic heterocycles. The number of amides is 1. The van der Waals surface area contributed by atoms with E-state index in [-0.39, 0.29) is 11.9 Å². The van der Waals surface area contributed by atoms with Crippen molar-refractivity contribution in [2.45, 2.75) is 52.5 Å². The molecule has 0 spiro atoms. The molecule has 1 aliphatic heterocycles. The first-order chi connectivity index (χ1) is 13.0. The molecule has 4 nitrogen and oxygen atoms in total. The summed E-state index contributed by atoms with van der Waals surface area (Å²) in [5, 5.41) is 1.19. The summed E-state index contributed by atoms with van der Waals surface area (Å²) in [6.07, 6.45) is 7.40. The van der Waals surface area contributed by atoms with Gasteiger partial charge in [0.1, 0.15) is 0 Å². The number of carbonyl (C=O) groups excluding carboxylic acids is 1. The van der Waals surface area contributed by atoms with Crippen molar-refractivity contribution in [3.05, 3.63) is 64.6 Å². The quantitative estimate of drug-likeness (QED) is 0.729. The molecule has 3 heterocycles. The van der Waals surface area contributed by atoms with Gasteiger partial charge < -0.3 is 9.88 Å². The lowest BCUT2D eigenvalue weighted by molar-refractivity contribution is -0.134. The lowest BCUT2D eigenvalue weighted by atomic mass is 9.95. The van der Waals surface area contributed by atoms with E-state index in [1.807, 2.05) is 12.3 Å². The molecule has 0 saturated carbocycles. The Bertz CT molecular complexity index is 974. The van der Waals surface area contributed by atoms with Crippen LogP contribution in [0.3, 0.4) is 0 Å². The van der Waals surface area contributed by atoms with Crippen molar-refractivity contribution in [2.24, 2.45) is 0 Å². The fourth-order valence-corrected chi connectivity index (χ4v) is 4.47. The van der Waals surface area contributed by atoms with Gasteiger partial charge in [0, 0.05) is 35.5 Å². The molecule has 1 atom stereocenters. The van der Waals surface area contributed by atoms with E-state index in [2.05, 4.69) is 53.8 Å². The summed E-state index contributed by atoms with van der Waals surface area (Å²) in [5.41, 5.74) is 7.01. The van der Waals surface area contributed by atoms with Crippen molar-refractivity contribution in [1.82, 2.24) is 14.9 Å². The van der Waals surface area contributed by atoms with Crippen molar-refractivity contribution < 1.29 is 4.79 Å². The molecule has 1 saturated heterocycles. The highest BCUT2D eigenvalue weighted by Gasteiger charge is 2.29. The van der Waals surface area contributed by atoms with E-state index in [0.717, 1.165) is 48.1 Å². The van der Waals surface area contributed by atoms with Crippen LogP contribution >= 0.6 is 0 Å². The van der Waals surface area contributed by atoms with Gasteiger partial charge in [-0.15, -0.1) is 0 Å². The summed E-state index contributed by atoms with van der Waals surface area (Å²) >= 11 is 0. The van der Waals surface area contributed by atoms with Crippen LogP contribution in [0.25, 0.3) is 10.9 Å². The fourth-order valence-electron chi connectivity index (χ4n) is 4.47. The van der Waals surface area contributed by atoms with Crippen molar-refractivity contribution in [3.8, 4) is 0 Å². The summed E-state index contributed by atoms with van der Waals surface area (Å²) in [4.78, 5) is 23.1. The molecule has 4 rings (SSSR count). The summed E-state index contributed by atoms with van der Waals surface area (Å²) in [7, 11) is 0. The molecule has 1 fully saturated rings. The number of aromatic amines is 1. The minimum absolute atomic E-state index is 0.147. The van der Waals surface area contributed by atoms with Crippen molar-refractivity contribution in [1.29, 1.82) is 0 Å². The third kappa shape index (κ3) is 3.36.